The van der Waals surface area contributed by atoms with E-state index in [4.69, 9.17) is 10.5 Å². The normalized spacial score (nSPS) is 12.5. The molecule has 0 bridgehead atoms. The average Bonchev–Trinajstić information content (AvgIpc) is 2.46. The molecule has 4 N–H and O–H groups in total. The maximum atomic E-state index is 9.91. The first-order chi connectivity index (χ1) is 9.76. The van der Waals surface area contributed by atoms with Gasteiger partial charge in [0.25, 0.3) is 0 Å². The third-order valence-corrected chi connectivity index (χ3v) is 3.38. The van der Waals surface area contributed by atoms with Crippen molar-refractivity contribution in [2.75, 3.05) is 25.6 Å². The van der Waals surface area contributed by atoms with Gasteiger partial charge in [0.1, 0.15) is 5.75 Å². The number of methoxy groups -OCH3 is 1. The number of phenols is 1. The molecule has 0 saturated carbocycles. The monoisotopic (exact) mass is 274 g/mol. The standard InChI is InChI=1S/C16H22N2O2/c1-20-11-12(5-4-10-17)18-15-8-2-7-14-13(15)6-3-9-16(14)19/h2-3,6-9,12,18-19H,4-5,10-11,17H2,1H3. The number of hydrogen-bond donors (Lipinski definition) is 3. The van der Waals surface area contributed by atoms with Gasteiger partial charge in [-0.2, -0.15) is 0 Å². The second kappa shape index (κ2) is 7.12. The Labute approximate surface area is 119 Å². The minimum absolute atomic E-state index is 0.219. The van der Waals surface area contributed by atoms with Gasteiger partial charge in [0, 0.05) is 29.6 Å². The number of nitrogens with one attached hydrogen (secondary N) is 1. The van der Waals surface area contributed by atoms with E-state index in [1.165, 1.54) is 0 Å². The maximum Gasteiger partial charge on any atom is 0.123 e. The summed E-state index contributed by atoms with van der Waals surface area (Å²) in [5, 5.41) is 15.3. The number of anilines is 1. The largest absolute Gasteiger partial charge is 0.507 e. The molecule has 2 aromatic rings. The summed E-state index contributed by atoms with van der Waals surface area (Å²) in [4.78, 5) is 0. The number of nitrogens with two attached hydrogens (primary N) is 1. The molecule has 0 spiro atoms. The van der Waals surface area contributed by atoms with Crippen LogP contribution < -0.4 is 11.1 Å². The van der Waals surface area contributed by atoms with Gasteiger partial charge < -0.3 is 20.9 Å². The fraction of sp³-hybridized carbons (Fsp3) is 0.375. The zero-order chi connectivity index (χ0) is 14.4. The highest BCUT2D eigenvalue weighted by Crippen LogP contribution is 2.30. The summed E-state index contributed by atoms with van der Waals surface area (Å²) in [7, 11) is 1.70. The van der Waals surface area contributed by atoms with Crippen molar-refractivity contribution in [2.24, 2.45) is 5.73 Å². The first-order valence-electron chi connectivity index (χ1n) is 6.92. The predicted molar refractivity (Wildman–Crippen MR) is 83.2 cm³/mol. The molecule has 0 fully saturated rings. The van der Waals surface area contributed by atoms with Crippen LogP contribution in [0.15, 0.2) is 36.4 Å². The van der Waals surface area contributed by atoms with Crippen LogP contribution >= 0.6 is 0 Å². The Bertz CT molecular complexity index is 557. The van der Waals surface area contributed by atoms with Crippen molar-refractivity contribution >= 4 is 16.5 Å². The molecule has 108 valence electrons. The summed E-state index contributed by atoms with van der Waals surface area (Å²) in [5.41, 5.74) is 6.59. The fourth-order valence-electron chi connectivity index (χ4n) is 2.40. The summed E-state index contributed by atoms with van der Waals surface area (Å²) in [6.07, 6.45) is 1.91. The number of rotatable bonds is 7. The maximum absolute atomic E-state index is 9.91. The van der Waals surface area contributed by atoms with E-state index in [-0.39, 0.29) is 6.04 Å². The molecule has 0 saturated heterocycles. The molecule has 1 unspecified atom stereocenters. The Balaban J connectivity index is 2.25. The van der Waals surface area contributed by atoms with E-state index in [9.17, 15) is 5.11 Å². The highest BCUT2D eigenvalue weighted by Gasteiger charge is 2.10. The van der Waals surface area contributed by atoms with Crippen LogP contribution in [-0.4, -0.2) is 31.4 Å². The van der Waals surface area contributed by atoms with Gasteiger partial charge in [-0.25, -0.2) is 0 Å². The quantitative estimate of drug-likeness (QED) is 0.726. The molecule has 0 aromatic heterocycles. The third-order valence-electron chi connectivity index (χ3n) is 3.38. The van der Waals surface area contributed by atoms with E-state index in [1.54, 1.807) is 13.2 Å². The van der Waals surface area contributed by atoms with Crippen LogP contribution in [0.4, 0.5) is 5.69 Å². The molecule has 0 amide bonds. The van der Waals surface area contributed by atoms with E-state index in [0.29, 0.717) is 18.9 Å². The number of aromatic hydroxyl groups is 1. The van der Waals surface area contributed by atoms with Gasteiger partial charge >= 0.3 is 0 Å². The lowest BCUT2D eigenvalue weighted by Crippen LogP contribution is -2.25. The molecule has 2 rings (SSSR count). The number of fused-ring (bicyclic) bond motifs is 1. The minimum Gasteiger partial charge on any atom is -0.507 e. The average molecular weight is 274 g/mol. The lowest BCUT2D eigenvalue weighted by molar-refractivity contribution is 0.182. The van der Waals surface area contributed by atoms with E-state index in [2.05, 4.69) is 5.32 Å². The minimum atomic E-state index is 0.219. The number of benzene rings is 2. The van der Waals surface area contributed by atoms with Gasteiger partial charge in [0.15, 0.2) is 0 Å². The molecule has 1 atom stereocenters. The van der Waals surface area contributed by atoms with Crippen molar-refractivity contribution in [3.63, 3.8) is 0 Å². The van der Waals surface area contributed by atoms with Crippen molar-refractivity contribution < 1.29 is 9.84 Å². The van der Waals surface area contributed by atoms with Crippen LogP contribution in [0.3, 0.4) is 0 Å². The van der Waals surface area contributed by atoms with Crippen LogP contribution in [0.25, 0.3) is 10.8 Å². The summed E-state index contributed by atoms with van der Waals surface area (Å²) >= 11 is 0. The van der Waals surface area contributed by atoms with Gasteiger partial charge in [-0.15, -0.1) is 0 Å². The van der Waals surface area contributed by atoms with E-state index >= 15 is 0 Å². The van der Waals surface area contributed by atoms with E-state index < -0.39 is 0 Å². The summed E-state index contributed by atoms with van der Waals surface area (Å²) < 4.78 is 5.26. The Kier molecular flexibility index (Phi) is 5.21. The second-order valence-electron chi connectivity index (χ2n) is 4.91. The first kappa shape index (κ1) is 14.6. The molecule has 0 radical (unpaired) electrons. The molecular formula is C16H22N2O2. The molecular weight excluding hydrogens is 252 g/mol. The van der Waals surface area contributed by atoms with Crippen molar-refractivity contribution in [1.82, 2.24) is 0 Å². The highest BCUT2D eigenvalue weighted by molar-refractivity contribution is 5.97. The molecule has 0 heterocycles. The molecule has 4 nitrogen and oxygen atoms in total. The van der Waals surface area contributed by atoms with Crippen LogP contribution in [-0.2, 0) is 4.74 Å². The topological polar surface area (TPSA) is 67.5 Å². The van der Waals surface area contributed by atoms with Gasteiger partial charge in [-0.05, 0) is 31.5 Å². The van der Waals surface area contributed by atoms with Crippen LogP contribution in [0, 0.1) is 0 Å². The SMILES string of the molecule is COCC(CCCN)Nc1cccc2c(O)cccc12. The van der Waals surface area contributed by atoms with Gasteiger partial charge in [0.2, 0.25) is 0 Å². The summed E-state index contributed by atoms with van der Waals surface area (Å²) in [6.45, 7) is 1.31. The Hall–Kier alpha value is -1.78. The number of hydrogen-bond acceptors (Lipinski definition) is 4. The zero-order valence-corrected chi connectivity index (χ0v) is 11.8. The van der Waals surface area contributed by atoms with Gasteiger partial charge in [-0.3, -0.25) is 0 Å². The van der Waals surface area contributed by atoms with Gasteiger partial charge in [0.05, 0.1) is 6.61 Å². The van der Waals surface area contributed by atoms with E-state index in [0.717, 1.165) is 29.3 Å². The summed E-state index contributed by atoms with van der Waals surface area (Å²) in [6, 6.07) is 11.7. The van der Waals surface area contributed by atoms with Gasteiger partial charge in [-0.1, -0.05) is 24.3 Å². The molecule has 0 aliphatic carbocycles. The lowest BCUT2D eigenvalue weighted by atomic mass is 10.1. The van der Waals surface area contributed by atoms with Crippen LogP contribution in [0.2, 0.25) is 0 Å². The smallest absolute Gasteiger partial charge is 0.123 e. The summed E-state index contributed by atoms with van der Waals surface area (Å²) in [5.74, 6) is 0.302. The molecule has 4 heteroatoms. The highest BCUT2D eigenvalue weighted by atomic mass is 16.5. The van der Waals surface area contributed by atoms with Crippen molar-refractivity contribution in [3.8, 4) is 5.75 Å². The third kappa shape index (κ3) is 3.40. The number of ether oxygens (including phenoxy) is 1. The Morgan fingerprint density at radius 3 is 2.70 bits per heavy atom. The van der Waals surface area contributed by atoms with E-state index in [1.807, 2.05) is 30.3 Å². The molecule has 2 aromatic carbocycles. The predicted octanol–water partition coefficient (Wildman–Crippen LogP) is 2.71. The van der Waals surface area contributed by atoms with Crippen LogP contribution in [0.1, 0.15) is 12.8 Å². The second-order valence-corrected chi connectivity index (χ2v) is 4.91. The number of phenolic OH excluding ortho intramolecular Hbond substituents is 1. The Morgan fingerprint density at radius 2 is 1.95 bits per heavy atom. The first-order valence-corrected chi connectivity index (χ1v) is 6.92. The molecule has 20 heavy (non-hydrogen) atoms. The molecule has 0 aliphatic heterocycles. The van der Waals surface area contributed by atoms with Crippen LogP contribution in [0.5, 0.6) is 5.75 Å². The zero-order valence-electron chi connectivity index (χ0n) is 11.8. The van der Waals surface area contributed by atoms with Crippen molar-refractivity contribution in [3.05, 3.63) is 36.4 Å². The molecule has 0 aliphatic rings. The van der Waals surface area contributed by atoms with Crippen molar-refractivity contribution in [2.45, 2.75) is 18.9 Å². The van der Waals surface area contributed by atoms with Crippen molar-refractivity contribution in [1.29, 1.82) is 0 Å². The fourth-order valence-corrected chi connectivity index (χ4v) is 2.40. The lowest BCUT2D eigenvalue weighted by Gasteiger charge is -2.20. The Morgan fingerprint density at radius 1 is 1.20 bits per heavy atom.